The average Bonchev–Trinajstić information content (AvgIpc) is 2.70. The maximum Gasteiger partial charge on any atom is 0.269 e. The Labute approximate surface area is 182 Å². The third-order valence-corrected chi connectivity index (χ3v) is 3.97. The summed E-state index contributed by atoms with van der Waals surface area (Å²) in [5.74, 6) is 1.59. The first kappa shape index (κ1) is 23.7. The summed E-state index contributed by atoms with van der Waals surface area (Å²) in [5, 5.41) is 17.3. The minimum atomic E-state index is -0.401. The smallest absolute Gasteiger partial charge is 0.269 e. The van der Waals surface area contributed by atoms with E-state index in [1.54, 1.807) is 19.2 Å². The molecule has 8 heteroatoms. The summed E-state index contributed by atoms with van der Waals surface area (Å²) in [6, 6.07) is 14.5. The summed E-state index contributed by atoms with van der Waals surface area (Å²) in [6.45, 7) is 4.13. The summed E-state index contributed by atoms with van der Waals surface area (Å²) in [5.41, 5.74) is 2.23. The number of nitrogens with zero attached hydrogens (tertiary/aromatic N) is 2. The number of non-ortho nitro benzene ring substituents is 1. The number of ether oxygens (including phenoxy) is 1. The Bertz CT molecular complexity index is 749. The standard InChI is InChI=1S/C20H26N4O3.HI/c1-3-13-21-20(22-14-12-16-6-10-19(27-2)11-7-16)23-15-17-4-8-18(9-5-17)24(25)26;/h4-11H,3,12-15H2,1-2H3,(H2,21,22,23);1H. The van der Waals surface area contributed by atoms with E-state index in [0.29, 0.717) is 6.54 Å². The molecule has 0 aliphatic heterocycles. The molecule has 0 amide bonds. The van der Waals surface area contributed by atoms with Crippen LogP contribution in [0.15, 0.2) is 53.5 Å². The molecule has 0 fully saturated rings. The molecular formula is C20H27IN4O3. The number of hydrogen-bond donors (Lipinski definition) is 2. The zero-order valence-corrected chi connectivity index (χ0v) is 18.5. The fraction of sp³-hybridized carbons (Fsp3) is 0.350. The quantitative estimate of drug-likeness (QED) is 0.180. The monoisotopic (exact) mass is 498 g/mol. The van der Waals surface area contributed by atoms with Crippen LogP contribution >= 0.6 is 24.0 Å². The predicted octanol–water partition coefficient (Wildman–Crippen LogP) is 3.91. The van der Waals surface area contributed by atoms with Gasteiger partial charge in [-0.1, -0.05) is 31.2 Å². The fourth-order valence-electron chi connectivity index (χ4n) is 2.43. The highest BCUT2D eigenvalue weighted by molar-refractivity contribution is 14.0. The molecule has 0 aromatic heterocycles. The number of halogens is 1. The second-order valence-electron chi connectivity index (χ2n) is 6.04. The van der Waals surface area contributed by atoms with Crippen molar-refractivity contribution in [1.29, 1.82) is 0 Å². The summed E-state index contributed by atoms with van der Waals surface area (Å²) in [7, 11) is 1.66. The van der Waals surface area contributed by atoms with Crippen molar-refractivity contribution >= 4 is 35.6 Å². The van der Waals surface area contributed by atoms with Gasteiger partial charge in [-0.05, 0) is 36.1 Å². The first-order valence-electron chi connectivity index (χ1n) is 9.01. The predicted molar refractivity (Wildman–Crippen MR) is 123 cm³/mol. The Morgan fingerprint density at radius 2 is 1.64 bits per heavy atom. The van der Waals surface area contributed by atoms with Gasteiger partial charge in [0.25, 0.3) is 5.69 Å². The number of methoxy groups -OCH3 is 1. The van der Waals surface area contributed by atoms with E-state index >= 15 is 0 Å². The van der Waals surface area contributed by atoms with Crippen molar-refractivity contribution in [3.05, 3.63) is 69.8 Å². The van der Waals surface area contributed by atoms with Crippen molar-refractivity contribution in [2.24, 2.45) is 4.99 Å². The van der Waals surface area contributed by atoms with E-state index in [-0.39, 0.29) is 29.7 Å². The van der Waals surface area contributed by atoms with Gasteiger partial charge in [0.2, 0.25) is 0 Å². The fourth-order valence-corrected chi connectivity index (χ4v) is 2.43. The lowest BCUT2D eigenvalue weighted by atomic mass is 10.1. The normalized spacial score (nSPS) is 10.7. The zero-order chi connectivity index (χ0) is 19.5. The number of nitrogens with one attached hydrogen (secondary N) is 2. The lowest BCUT2D eigenvalue weighted by Gasteiger charge is -2.12. The topological polar surface area (TPSA) is 88.8 Å². The van der Waals surface area contributed by atoms with Crippen molar-refractivity contribution in [2.75, 3.05) is 20.2 Å². The molecule has 0 heterocycles. The molecule has 0 saturated heterocycles. The molecule has 0 unspecified atom stereocenters. The van der Waals surface area contributed by atoms with Gasteiger partial charge in [0.1, 0.15) is 5.75 Å². The summed E-state index contributed by atoms with van der Waals surface area (Å²) in [4.78, 5) is 14.9. The maximum absolute atomic E-state index is 10.7. The summed E-state index contributed by atoms with van der Waals surface area (Å²) < 4.78 is 5.17. The molecule has 2 aromatic carbocycles. The Morgan fingerprint density at radius 1 is 1.04 bits per heavy atom. The van der Waals surface area contributed by atoms with Gasteiger partial charge in [-0.15, -0.1) is 24.0 Å². The van der Waals surface area contributed by atoms with Crippen LogP contribution in [0.25, 0.3) is 0 Å². The maximum atomic E-state index is 10.7. The van der Waals surface area contributed by atoms with Crippen LogP contribution in [-0.4, -0.2) is 31.1 Å². The zero-order valence-electron chi connectivity index (χ0n) is 16.2. The number of hydrogen-bond acceptors (Lipinski definition) is 4. The van der Waals surface area contributed by atoms with Crippen LogP contribution in [-0.2, 0) is 13.0 Å². The van der Waals surface area contributed by atoms with E-state index < -0.39 is 4.92 Å². The molecule has 2 rings (SSSR count). The van der Waals surface area contributed by atoms with Gasteiger partial charge < -0.3 is 15.4 Å². The lowest BCUT2D eigenvalue weighted by Crippen LogP contribution is -2.38. The van der Waals surface area contributed by atoms with E-state index in [4.69, 9.17) is 4.74 Å². The van der Waals surface area contributed by atoms with Gasteiger partial charge >= 0.3 is 0 Å². The number of benzene rings is 2. The molecule has 0 aliphatic carbocycles. The van der Waals surface area contributed by atoms with Crippen molar-refractivity contribution < 1.29 is 9.66 Å². The van der Waals surface area contributed by atoms with Gasteiger partial charge in [-0.3, -0.25) is 10.1 Å². The van der Waals surface area contributed by atoms with E-state index in [2.05, 4.69) is 22.5 Å². The van der Waals surface area contributed by atoms with Crippen molar-refractivity contribution in [3.63, 3.8) is 0 Å². The molecule has 0 radical (unpaired) electrons. The van der Waals surface area contributed by atoms with Crippen LogP contribution in [0, 0.1) is 10.1 Å². The van der Waals surface area contributed by atoms with Crippen molar-refractivity contribution in [3.8, 4) is 5.75 Å². The molecule has 2 N–H and O–H groups in total. The number of aliphatic imine (C=N–C) groups is 1. The number of rotatable bonds is 9. The molecule has 7 nitrogen and oxygen atoms in total. The van der Waals surface area contributed by atoms with Gasteiger partial charge in [0.15, 0.2) is 5.96 Å². The summed E-state index contributed by atoms with van der Waals surface area (Å²) in [6.07, 6.45) is 1.87. The molecule has 152 valence electrons. The van der Waals surface area contributed by atoms with Gasteiger partial charge in [-0.25, -0.2) is 4.99 Å². The van der Waals surface area contributed by atoms with E-state index in [1.807, 2.05) is 24.3 Å². The average molecular weight is 498 g/mol. The van der Waals surface area contributed by atoms with Crippen molar-refractivity contribution in [2.45, 2.75) is 26.3 Å². The van der Waals surface area contributed by atoms with Crippen LogP contribution in [0.3, 0.4) is 0 Å². The Kier molecular flexibility index (Phi) is 10.9. The van der Waals surface area contributed by atoms with Gasteiger partial charge in [0.05, 0.1) is 18.6 Å². The molecule has 0 saturated carbocycles. The number of nitro groups is 1. The highest BCUT2D eigenvalue weighted by atomic mass is 127. The number of nitro benzene ring substituents is 1. The first-order chi connectivity index (χ1) is 13.1. The largest absolute Gasteiger partial charge is 0.497 e. The second kappa shape index (κ2) is 12.9. The van der Waals surface area contributed by atoms with Crippen molar-refractivity contribution in [1.82, 2.24) is 10.6 Å². The van der Waals surface area contributed by atoms with Crippen LogP contribution in [0.2, 0.25) is 0 Å². The molecule has 0 spiro atoms. The third kappa shape index (κ3) is 8.12. The van der Waals surface area contributed by atoms with Crippen LogP contribution in [0.1, 0.15) is 24.5 Å². The Hall–Kier alpha value is -2.36. The van der Waals surface area contributed by atoms with Crippen LogP contribution < -0.4 is 15.4 Å². The van der Waals surface area contributed by atoms with Crippen LogP contribution in [0.4, 0.5) is 5.69 Å². The minimum absolute atomic E-state index is 0. The second-order valence-corrected chi connectivity index (χ2v) is 6.04. The molecule has 0 bridgehead atoms. The Morgan fingerprint density at radius 3 is 2.21 bits per heavy atom. The molecule has 28 heavy (non-hydrogen) atoms. The molecular weight excluding hydrogens is 471 g/mol. The van der Waals surface area contributed by atoms with Gasteiger partial charge in [0, 0.05) is 25.2 Å². The summed E-state index contributed by atoms with van der Waals surface area (Å²) >= 11 is 0. The highest BCUT2D eigenvalue weighted by Crippen LogP contribution is 2.13. The van der Waals surface area contributed by atoms with E-state index in [1.165, 1.54) is 17.7 Å². The molecule has 2 aromatic rings. The first-order valence-corrected chi connectivity index (χ1v) is 9.01. The van der Waals surface area contributed by atoms with Gasteiger partial charge in [-0.2, -0.15) is 0 Å². The Balaban J connectivity index is 0.00000392. The highest BCUT2D eigenvalue weighted by Gasteiger charge is 2.04. The molecule has 0 atom stereocenters. The third-order valence-electron chi connectivity index (χ3n) is 3.97. The SMILES string of the molecule is CCCNC(=NCc1ccc([N+](=O)[O-])cc1)NCCc1ccc(OC)cc1.I. The number of guanidine groups is 1. The lowest BCUT2D eigenvalue weighted by molar-refractivity contribution is -0.384. The molecule has 0 aliphatic rings. The van der Waals surface area contributed by atoms with Crippen LogP contribution in [0.5, 0.6) is 5.75 Å². The van der Waals surface area contributed by atoms with E-state index in [9.17, 15) is 10.1 Å². The van der Waals surface area contributed by atoms with E-state index in [0.717, 1.165) is 43.2 Å². The minimum Gasteiger partial charge on any atom is -0.497 e.